The lowest BCUT2D eigenvalue weighted by atomic mass is 9.67. The van der Waals surface area contributed by atoms with Gasteiger partial charge >= 0.3 is 0 Å². The van der Waals surface area contributed by atoms with Crippen LogP contribution in [0.5, 0.6) is 5.75 Å². The topological polar surface area (TPSA) is 48.6 Å². The number of benzene rings is 7. The molecule has 0 radical (unpaired) electrons. The van der Waals surface area contributed by atoms with Gasteiger partial charge in [-0.15, -0.1) is 0 Å². The molecule has 4 nitrogen and oxygen atoms in total. The van der Waals surface area contributed by atoms with Crippen molar-refractivity contribution >= 4 is 27.9 Å². The van der Waals surface area contributed by atoms with Crippen molar-refractivity contribution in [2.24, 2.45) is 4.99 Å². The third-order valence-electron chi connectivity index (χ3n) is 10.7. The van der Waals surface area contributed by atoms with E-state index in [0.717, 1.165) is 55.5 Å². The Labute approximate surface area is 308 Å². The van der Waals surface area contributed by atoms with Crippen LogP contribution in [0.15, 0.2) is 188 Å². The van der Waals surface area contributed by atoms with Gasteiger partial charge in [0.05, 0.1) is 28.9 Å². The Morgan fingerprint density at radius 1 is 0.585 bits per heavy atom. The molecule has 7 aromatic rings. The molecule has 0 amide bonds. The van der Waals surface area contributed by atoms with Crippen molar-refractivity contribution < 1.29 is 4.84 Å². The average molecular weight is 678 g/mol. The molecule has 4 heteroatoms. The maximum atomic E-state index is 9.99. The molecule has 7 aromatic carbocycles. The maximum absolute atomic E-state index is 9.99. The van der Waals surface area contributed by atoms with Crippen LogP contribution in [0.2, 0.25) is 0 Å². The predicted molar refractivity (Wildman–Crippen MR) is 214 cm³/mol. The van der Waals surface area contributed by atoms with Gasteiger partial charge in [-0.1, -0.05) is 122 Å². The molecule has 0 aromatic heterocycles. The molecular weight excluding hydrogens is 647 g/mol. The summed E-state index contributed by atoms with van der Waals surface area (Å²) in [6, 6.07) is 57.9. The number of rotatable bonds is 4. The average Bonchev–Trinajstić information content (AvgIpc) is 3.42. The molecule has 248 valence electrons. The van der Waals surface area contributed by atoms with E-state index >= 15 is 0 Å². The Bertz CT molecular complexity index is 2750. The van der Waals surface area contributed by atoms with Gasteiger partial charge < -0.3 is 4.84 Å². The Balaban J connectivity index is 1.06. The van der Waals surface area contributed by atoms with E-state index in [9.17, 15) is 5.26 Å². The molecule has 10 rings (SSSR count). The molecule has 0 saturated heterocycles. The van der Waals surface area contributed by atoms with Crippen LogP contribution in [0.1, 0.15) is 38.9 Å². The van der Waals surface area contributed by atoms with Crippen molar-refractivity contribution in [3.8, 4) is 34.1 Å². The van der Waals surface area contributed by atoms with Crippen molar-refractivity contribution in [2.75, 3.05) is 0 Å². The molecule has 2 aliphatic heterocycles. The smallest absolute Gasteiger partial charge is 0.169 e. The second-order valence-electron chi connectivity index (χ2n) is 13.6. The molecular formula is C49H31N3O. The fourth-order valence-corrected chi connectivity index (χ4v) is 8.24. The second-order valence-corrected chi connectivity index (χ2v) is 13.6. The largest absolute Gasteiger partial charge is 0.373 e. The zero-order chi connectivity index (χ0) is 35.5. The van der Waals surface area contributed by atoms with Crippen molar-refractivity contribution in [3.63, 3.8) is 0 Å². The lowest BCUT2D eigenvalue weighted by Gasteiger charge is -2.34. The van der Waals surface area contributed by atoms with Gasteiger partial charge in [-0.3, -0.25) is 0 Å². The van der Waals surface area contributed by atoms with Crippen LogP contribution in [0.3, 0.4) is 0 Å². The van der Waals surface area contributed by atoms with Crippen LogP contribution in [-0.4, -0.2) is 10.9 Å². The quantitative estimate of drug-likeness (QED) is 0.186. The summed E-state index contributed by atoms with van der Waals surface area (Å²) in [5.41, 5.74) is 13.1. The Hall–Kier alpha value is -7.22. The molecule has 1 aliphatic carbocycles. The third kappa shape index (κ3) is 4.79. The Morgan fingerprint density at radius 2 is 1.19 bits per heavy atom. The number of hydrogen-bond donors (Lipinski definition) is 0. The van der Waals surface area contributed by atoms with Gasteiger partial charge in [0.1, 0.15) is 0 Å². The number of para-hydroxylation sites is 1. The van der Waals surface area contributed by atoms with Crippen molar-refractivity contribution in [2.45, 2.75) is 5.41 Å². The molecule has 0 saturated carbocycles. The van der Waals surface area contributed by atoms with Crippen LogP contribution >= 0.6 is 0 Å². The normalized spacial score (nSPS) is 14.8. The van der Waals surface area contributed by atoms with Gasteiger partial charge in [-0.25, -0.2) is 4.99 Å². The van der Waals surface area contributed by atoms with Crippen molar-refractivity contribution in [1.82, 2.24) is 5.06 Å². The van der Waals surface area contributed by atoms with E-state index in [0.29, 0.717) is 17.1 Å². The minimum atomic E-state index is -0.583. The Kier molecular flexibility index (Phi) is 6.89. The lowest BCUT2D eigenvalue weighted by Crippen LogP contribution is -2.29. The third-order valence-corrected chi connectivity index (χ3v) is 10.7. The standard InChI is InChI=1S/C49H31N3O/c1-32-42-14-8-9-15-47(42)53-52-31-39(22-25-48(52)51-32)37-20-19-34-27-36(18-17-35(34)28-37)38-21-24-44-43-23-16-33(30-50)26-45(43)49(46(44)29-38,40-10-4-2-5-11-40)41-12-6-3-7-13-41/h2-29,31H,1H2. The molecule has 0 unspecified atom stereocenters. The first-order valence-electron chi connectivity index (χ1n) is 17.7. The fraction of sp³-hybridized carbons (Fsp3) is 0.0204. The highest BCUT2D eigenvalue weighted by atomic mass is 16.7. The van der Waals surface area contributed by atoms with E-state index < -0.39 is 5.41 Å². The first-order chi connectivity index (χ1) is 26.1. The molecule has 53 heavy (non-hydrogen) atoms. The summed E-state index contributed by atoms with van der Waals surface area (Å²) < 4.78 is 0. The first-order valence-corrected chi connectivity index (χ1v) is 17.7. The van der Waals surface area contributed by atoms with E-state index in [1.165, 1.54) is 22.3 Å². The summed E-state index contributed by atoms with van der Waals surface area (Å²) in [6.45, 7) is 4.15. The van der Waals surface area contributed by atoms with Crippen molar-refractivity contribution in [3.05, 3.63) is 222 Å². The highest BCUT2D eigenvalue weighted by Crippen LogP contribution is 2.57. The zero-order valence-electron chi connectivity index (χ0n) is 28.7. The van der Waals surface area contributed by atoms with Crippen LogP contribution in [-0.2, 0) is 5.41 Å². The number of hydrogen-bond acceptors (Lipinski definition) is 4. The summed E-state index contributed by atoms with van der Waals surface area (Å²) in [7, 11) is 0. The Morgan fingerprint density at radius 3 is 1.92 bits per heavy atom. The molecule has 0 atom stereocenters. The van der Waals surface area contributed by atoms with Gasteiger partial charge in [0, 0.05) is 11.1 Å². The summed E-state index contributed by atoms with van der Waals surface area (Å²) in [5, 5.41) is 14.0. The van der Waals surface area contributed by atoms with Crippen LogP contribution in [0, 0.1) is 11.3 Å². The minimum Gasteiger partial charge on any atom is -0.373 e. The monoisotopic (exact) mass is 677 g/mol. The number of amidine groups is 1. The predicted octanol–water partition coefficient (Wildman–Crippen LogP) is 11.3. The van der Waals surface area contributed by atoms with E-state index in [2.05, 4.69) is 146 Å². The van der Waals surface area contributed by atoms with E-state index in [-0.39, 0.29) is 0 Å². The summed E-state index contributed by atoms with van der Waals surface area (Å²) >= 11 is 0. The molecule has 2 heterocycles. The number of nitrogens with zero attached hydrogens (tertiary/aromatic N) is 3. The summed E-state index contributed by atoms with van der Waals surface area (Å²) in [4.78, 5) is 11.0. The maximum Gasteiger partial charge on any atom is 0.169 e. The summed E-state index contributed by atoms with van der Waals surface area (Å²) in [5.74, 6) is 1.41. The zero-order valence-corrected chi connectivity index (χ0v) is 28.7. The molecule has 0 fully saturated rings. The number of aliphatic imine (C=N–C) groups is 1. The van der Waals surface area contributed by atoms with Gasteiger partial charge in [0.15, 0.2) is 11.6 Å². The van der Waals surface area contributed by atoms with Crippen LogP contribution < -0.4 is 4.84 Å². The second kappa shape index (κ2) is 11.9. The number of fused-ring (bicyclic) bond motifs is 6. The number of nitriles is 1. The molecule has 3 aliphatic rings. The SMILES string of the molecule is C=C1N=C2C=CC(c3ccc4cc(-c5ccc6c(c5)C(c5ccccc5)(c5ccccc5)c5cc(C#N)ccc5-6)ccc4c3)=CN2Oc2ccccc21. The highest BCUT2D eigenvalue weighted by molar-refractivity contribution is 6.03. The number of hydroxylamine groups is 2. The molecule has 0 N–H and O–H groups in total. The van der Waals surface area contributed by atoms with E-state index in [4.69, 9.17) is 9.83 Å². The van der Waals surface area contributed by atoms with E-state index in [1.807, 2.05) is 42.6 Å². The van der Waals surface area contributed by atoms with Gasteiger partial charge in [0.25, 0.3) is 0 Å². The summed E-state index contributed by atoms with van der Waals surface area (Å²) in [6.07, 6.45) is 6.03. The fourth-order valence-electron chi connectivity index (χ4n) is 8.24. The van der Waals surface area contributed by atoms with Crippen molar-refractivity contribution in [1.29, 1.82) is 5.26 Å². The van der Waals surface area contributed by atoms with Crippen LogP contribution in [0.25, 0.3) is 44.3 Å². The molecule has 0 bridgehead atoms. The van der Waals surface area contributed by atoms with Crippen LogP contribution in [0.4, 0.5) is 0 Å². The highest BCUT2D eigenvalue weighted by Gasteiger charge is 2.46. The first kappa shape index (κ1) is 30.6. The van der Waals surface area contributed by atoms with E-state index in [1.54, 1.807) is 5.06 Å². The van der Waals surface area contributed by atoms with Gasteiger partial charge in [-0.05, 0) is 115 Å². The lowest BCUT2D eigenvalue weighted by molar-refractivity contribution is 0.0742. The van der Waals surface area contributed by atoms with Gasteiger partial charge in [-0.2, -0.15) is 10.3 Å². The minimum absolute atomic E-state index is 0.583. The molecule has 0 spiro atoms. The van der Waals surface area contributed by atoms with Gasteiger partial charge in [0.2, 0.25) is 0 Å². The number of allylic oxidation sites excluding steroid dienone is 2.